The van der Waals surface area contributed by atoms with Crippen molar-refractivity contribution in [1.29, 1.82) is 0 Å². The van der Waals surface area contributed by atoms with Crippen molar-refractivity contribution in [3.05, 3.63) is 48.2 Å². The van der Waals surface area contributed by atoms with Crippen molar-refractivity contribution >= 4 is 29.2 Å². The lowest BCUT2D eigenvalue weighted by Crippen LogP contribution is -2.54. The van der Waals surface area contributed by atoms with Crippen molar-refractivity contribution in [3.8, 4) is 0 Å². The summed E-state index contributed by atoms with van der Waals surface area (Å²) in [5.74, 6) is -1.53. The second-order valence-electron chi connectivity index (χ2n) is 9.96. The van der Waals surface area contributed by atoms with E-state index in [2.05, 4.69) is 46.7 Å². The topological polar surface area (TPSA) is 148 Å². The molecule has 2 unspecified atom stereocenters. The number of epoxide rings is 1. The molecule has 1 aliphatic rings. The highest BCUT2D eigenvalue weighted by molar-refractivity contribution is 6.38. The molecule has 0 aromatic heterocycles. The van der Waals surface area contributed by atoms with Crippen LogP contribution in [0.2, 0.25) is 0 Å². The first-order valence-electron chi connectivity index (χ1n) is 12.7. The fourth-order valence-corrected chi connectivity index (χ4v) is 3.19. The van der Waals surface area contributed by atoms with E-state index in [4.69, 9.17) is 14.3 Å². The van der Waals surface area contributed by atoms with E-state index in [1.54, 1.807) is 13.8 Å². The number of Topliss-reactive ketones (excluding diaryl/α,β-unsaturated/α-hetero) is 1. The third-order valence-corrected chi connectivity index (χ3v) is 5.44. The molecular weight excluding hydrogens is 504 g/mol. The number of rotatable bonds is 14. The van der Waals surface area contributed by atoms with Crippen molar-refractivity contribution in [2.24, 2.45) is 11.1 Å². The first-order chi connectivity index (χ1) is 18.3. The Balaban J connectivity index is 0.000000934. The zero-order valence-electron chi connectivity index (χ0n) is 24.0. The zero-order chi connectivity index (χ0) is 29.6. The number of hydrogen-bond acceptors (Lipinski definition) is 8. The van der Waals surface area contributed by atoms with E-state index in [0.717, 1.165) is 0 Å². The Morgan fingerprint density at radius 1 is 1.10 bits per heavy atom. The van der Waals surface area contributed by atoms with Crippen molar-refractivity contribution in [1.82, 2.24) is 16.0 Å². The molecule has 39 heavy (non-hydrogen) atoms. The largest absolute Gasteiger partial charge is 0.382 e. The lowest BCUT2D eigenvalue weighted by atomic mass is 9.93. The lowest BCUT2D eigenvalue weighted by Gasteiger charge is -2.22. The van der Waals surface area contributed by atoms with Gasteiger partial charge in [-0.25, -0.2) is 0 Å². The van der Waals surface area contributed by atoms with Crippen molar-refractivity contribution in [3.63, 3.8) is 0 Å². The van der Waals surface area contributed by atoms with Crippen molar-refractivity contribution in [2.75, 3.05) is 26.9 Å². The Hall–Kier alpha value is -3.57. The van der Waals surface area contributed by atoms with Gasteiger partial charge >= 0.3 is 0 Å². The Bertz CT molecular complexity index is 1020. The van der Waals surface area contributed by atoms with E-state index < -0.39 is 35.4 Å². The Labute approximate surface area is 230 Å². The van der Waals surface area contributed by atoms with Gasteiger partial charge in [-0.3, -0.25) is 19.2 Å². The van der Waals surface area contributed by atoms with E-state index in [-0.39, 0.29) is 30.6 Å². The number of nitrogens with zero attached hydrogens (tertiary/aromatic N) is 1. The minimum absolute atomic E-state index is 0.0227. The van der Waals surface area contributed by atoms with Gasteiger partial charge < -0.3 is 30.3 Å². The van der Waals surface area contributed by atoms with Gasteiger partial charge in [-0.15, -0.1) is 0 Å². The molecule has 1 aromatic rings. The maximum absolute atomic E-state index is 12.6. The summed E-state index contributed by atoms with van der Waals surface area (Å²) in [6.07, 6.45) is 0.449. The van der Waals surface area contributed by atoms with Crippen LogP contribution in [-0.4, -0.2) is 73.8 Å². The van der Waals surface area contributed by atoms with Gasteiger partial charge in [-0.1, -0.05) is 61.5 Å². The molecule has 3 N–H and O–H groups in total. The fourth-order valence-electron chi connectivity index (χ4n) is 3.19. The average molecular weight is 547 g/mol. The molecule has 216 valence electrons. The van der Waals surface area contributed by atoms with Gasteiger partial charge in [0.15, 0.2) is 5.78 Å². The van der Waals surface area contributed by atoms with Crippen LogP contribution >= 0.6 is 0 Å². The number of ether oxygens (including phenoxy) is 2. The first-order valence-corrected chi connectivity index (χ1v) is 12.7. The minimum Gasteiger partial charge on any atom is -0.382 e. The predicted octanol–water partition coefficient (Wildman–Crippen LogP) is 2.04. The molecule has 0 radical (unpaired) electrons. The third-order valence-electron chi connectivity index (χ3n) is 5.44. The van der Waals surface area contributed by atoms with Gasteiger partial charge in [0.05, 0.1) is 25.8 Å². The monoisotopic (exact) mass is 546 g/mol. The second-order valence-corrected chi connectivity index (χ2v) is 9.96. The van der Waals surface area contributed by atoms with E-state index in [1.807, 2.05) is 32.0 Å². The zero-order valence-corrected chi connectivity index (χ0v) is 24.0. The van der Waals surface area contributed by atoms with Crippen molar-refractivity contribution < 1.29 is 33.5 Å². The molecule has 1 aromatic carbocycles. The molecule has 1 saturated heterocycles. The van der Waals surface area contributed by atoms with E-state index >= 15 is 0 Å². The molecule has 3 amide bonds. The van der Waals surface area contributed by atoms with Crippen molar-refractivity contribution in [2.45, 2.75) is 65.6 Å². The molecule has 1 fully saturated rings. The number of hydrogen-bond donors (Lipinski definition) is 3. The molecule has 0 saturated carbocycles. The van der Waals surface area contributed by atoms with Gasteiger partial charge in [0.1, 0.15) is 23.1 Å². The lowest BCUT2D eigenvalue weighted by molar-refractivity contribution is -0.132. The van der Waals surface area contributed by atoms with Gasteiger partial charge in [0.25, 0.3) is 5.91 Å². The molecular formula is C28H42N4O7. The summed E-state index contributed by atoms with van der Waals surface area (Å²) in [4.78, 5) is 54.5. The predicted molar refractivity (Wildman–Crippen MR) is 148 cm³/mol. The molecule has 0 spiro atoms. The number of allylic oxidation sites excluding steroid dienone is 1. The van der Waals surface area contributed by atoms with Crippen LogP contribution in [0.1, 0.15) is 46.6 Å². The highest BCUT2D eigenvalue weighted by atomic mass is 16.6. The fraction of sp³-hybridized carbons (Fsp3) is 0.536. The molecule has 11 nitrogen and oxygen atoms in total. The SMILES string of the molecule is C=C(C)O/N=C(\C)C(=O)N[C@@H](COC)C(=O)NCC(=O)NC(CC(C)C)C(=O)C1(C)CO1.Cc1ccccc1. The minimum atomic E-state index is -1.07. The number of methoxy groups -OCH3 is 1. The quantitative estimate of drug-likeness (QED) is 0.140. The number of carbonyl (C=O) groups excluding carboxylic acids is 4. The van der Waals surface area contributed by atoms with Crippen LogP contribution in [0.15, 0.2) is 47.8 Å². The van der Waals surface area contributed by atoms with E-state index in [0.29, 0.717) is 18.8 Å². The van der Waals surface area contributed by atoms with Crippen LogP contribution in [0, 0.1) is 12.8 Å². The number of nitrogens with one attached hydrogen (secondary N) is 3. The van der Waals surface area contributed by atoms with E-state index in [1.165, 1.54) is 19.6 Å². The summed E-state index contributed by atoms with van der Waals surface area (Å²) >= 11 is 0. The maximum atomic E-state index is 12.6. The number of aryl methyl sites for hydroxylation is 1. The summed E-state index contributed by atoms with van der Waals surface area (Å²) in [5.41, 5.74) is 0.435. The second kappa shape index (κ2) is 16.4. The number of amides is 3. The number of ketones is 1. The highest BCUT2D eigenvalue weighted by Gasteiger charge is 2.50. The van der Waals surface area contributed by atoms with Gasteiger partial charge in [0, 0.05) is 7.11 Å². The highest BCUT2D eigenvalue weighted by Crippen LogP contribution is 2.29. The Morgan fingerprint density at radius 3 is 2.18 bits per heavy atom. The van der Waals surface area contributed by atoms with Gasteiger partial charge in [-0.2, -0.15) is 0 Å². The molecule has 2 rings (SSSR count). The van der Waals surface area contributed by atoms with Crippen LogP contribution in [0.4, 0.5) is 0 Å². The average Bonchev–Trinajstić information content (AvgIpc) is 3.63. The number of carbonyl (C=O) groups is 4. The molecule has 1 aliphatic heterocycles. The van der Waals surface area contributed by atoms with Crippen LogP contribution in [0.25, 0.3) is 0 Å². The summed E-state index contributed by atoms with van der Waals surface area (Å²) < 4.78 is 10.2. The molecule has 0 bridgehead atoms. The Kier molecular flexibility index (Phi) is 14.1. The smallest absolute Gasteiger partial charge is 0.269 e. The summed E-state index contributed by atoms with van der Waals surface area (Å²) in [6, 6.07) is 8.48. The third kappa shape index (κ3) is 13.2. The van der Waals surface area contributed by atoms with Crippen LogP contribution in [-0.2, 0) is 33.5 Å². The van der Waals surface area contributed by atoms with E-state index in [9.17, 15) is 19.2 Å². The van der Waals surface area contributed by atoms with Crippen LogP contribution in [0.5, 0.6) is 0 Å². The molecule has 3 atom stereocenters. The standard InChI is InChI=1S/C21H34N4O7.C7H8/c1-12(2)8-15(18(27)21(6)11-31-21)23-17(26)9-22-20(29)16(10-30-7)24-19(28)14(5)25-32-13(3)4;1-7-5-3-2-4-6-7/h12,15-16H,3,8-11H2,1-2,4-7H3,(H,22,29)(H,23,26)(H,24,28);2-6H,1H3/b25-14+;/t15?,16-,21?;/m0./s1. The summed E-state index contributed by atoms with van der Waals surface area (Å²) in [7, 11) is 1.37. The first kappa shape index (κ1) is 33.5. The molecule has 11 heteroatoms. The normalized spacial score (nSPS) is 17.6. The molecule has 1 heterocycles. The molecule has 0 aliphatic carbocycles. The summed E-state index contributed by atoms with van der Waals surface area (Å²) in [5, 5.41) is 11.2. The van der Waals surface area contributed by atoms with Gasteiger partial charge in [0.2, 0.25) is 11.8 Å². The summed E-state index contributed by atoms with van der Waals surface area (Å²) in [6.45, 7) is 13.9. The Morgan fingerprint density at radius 2 is 1.72 bits per heavy atom. The van der Waals surface area contributed by atoms with Gasteiger partial charge in [-0.05, 0) is 40.0 Å². The maximum Gasteiger partial charge on any atom is 0.269 e. The van der Waals surface area contributed by atoms with Crippen LogP contribution in [0.3, 0.4) is 0 Å². The van der Waals surface area contributed by atoms with Crippen LogP contribution < -0.4 is 16.0 Å². The number of oxime groups is 1. The number of benzene rings is 1.